The Morgan fingerprint density at radius 3 is 2.26 bits per heavy atom. The fourth-order valence-corrected chi connectivity index (χ4v) is 6.29. The molecule has 2 atom stereocenters. The highest BCUT2D eigenvalue weighted by Gasteiger charge is 2.34. The van der Waals surface area contributed by atoms with E-state index in [0.29, 0.717) is 73.4 Å². The van der Waals surface area contributed by atoms with Crippen LogP contribution in [0, 0.1) is 17.2 Å². The molecule has 2 aromatic rings. The van der Waals surface area contributed by atoms with Gasteiger partial charge in [-0.05, 0) is 106 Å². The number of nitrogens with one attached hydrogen (secondary N) is 3. The predicted molar refractivity (Wildman–Crippen MR) is 219 cm³/mol. The second-order valence-corrected chi connectivity index (χ2v) is 14.6. The lowest BCUT2D eigenvalue weighted by Gasteiger charge is -2.27. The van der Waals surface area contributed by atoms with Crippen molar-refractivity contribution in [2.45, 2.75) is 138 Å². The first-order valence-corrected chi connectivity index (χ1v) is 20.0. The summed E-state index contributed by atoms with van der Waals surface area (Å²) < 4.78 is 45.0. The summed E-state index contributed by atoms with van der Waals surface area (Å²) in [6.45, 7) is 20.0. The number of hydrogen-bond acceptors (Lipinski definition) is 8. The van der Waals surface area contributed by atoms with E-state index in [9.17, 15) is 38.4 Å². The normalized spacial score (nSPS) is 13.8. The monoisotopic (exact) mass is 798 g/mol. The van der Waals surface area contributed by atoms with Crippen molar-refractivity contribution < 1.29 is 37.9 Å². The number of carbonyl (C=O) groups is 2. The van der Waals surface area contributed by atoms with Gasteiger partial charge in [0.2, 0.25) is 5.69 Å². The maximum atomic E-state index is 14.1. The summed E-state index contributed by atoms with van der Waals surface area (Å²) in [5, 5.41) is 38.3. The minimum absolute atomic E-state index is 0.00518. The van der Waals surface area contributed by atoms with Crippen LogP contribution in [0.1, 0.15) is 135 Å². The van der Waals surface area contributed by atoms with Crippen molar-refractivity contribution in [2.75, 3.05) is 6.61 Å². The molecule has 0 radical (unpaired) electrons. The van der Waals surface area contributed by atoms with Gasteiger partial charge in [-0.15, -0.1) is 0 Å². The Labute approximate surface area is 337 Å². The number of nitrogens with zero attached hydrogens (tertiary/aromatic N) is 2. The van der Waals surface area contributed by atoms with E-state index in [1.165, 1.54) is 18.2 Å². The summed E-state index contributed by atoms with van der Waals surface area (Å²) in [5.74, 6) is 0.0763. The Balaban J connectivity index is 2.29. The highest BCUT2D eigenvalue weighted by Crippen LogP contribution is 2.34. The molecular formula is C44H63F3N5O5+. The lowest BCUT2D eigenvalue weighted by Crippen LogP contribution is -2.58. The number of amides is 1. The smallest absolute Gasteiger partial charge is 0.393 e. The molecule has 0 aliphatic rings. The van der Waals surface area contributed by atoms with Crippen LogP contribution in [-0.2, 0) is 22.4 Å². The number of hydrogen-bond donors (Lipinski definition) is 5. The van der Waals surface area contributed by atoms with Gasteiger partial charge in [0.25, 0.3) is 5.91 Å². The lowest BCUT2D eigenvalue weighted by molar-refractivity contribution is -0.330. The first kappa shape index (κ1) is 48.7. The third-order valence-electron chi connectivity index (χ3n) is 10.1. The van der Waals surface area contributed by atoms with E-state index in [2.05, 4.69) is 36.5 Å². The molecule has 0 heterocycles. The van der Waals surface area contributed by atoms with Crippen molar-refractivity contribution >= 4 is 23.1 Å². The molecule has 0 aromatic heterocycles. The number of Topliss-reactive ketones (excluding diaryl/α,β-unsaturated/α-hetero) is 1. The quantitative estimate of drug-likeness (QED) is 0.0306. The number of alkyl halides is 3. The Kier molecular flexibility index (Phi) is 19.7. The van der Waals surface area contributed by atoms with E-state index in [1.807, 2.05) is 47.6 Å². The number of aryl methyl sites for hydroxylation is 1. The van der Waals surface area contributed by atoms with Crippen LogP contribution in [0.4, 0.5) is 18.9 Å². The molecule has 2 rings (SSSR count). The van der Waals surface area contributed by atoms with Crippen LogP contribution in [0.2, 0.25) is 0 Å². The number of halogens is 3. The summed E-state index contributed by atoms with van der Waals surface area (Å²) in [4.78, 5) is 25.4. The largest absolute Gasteiger partial charge is 0.493 e. The number of allylic oxidation sites excluding steroid dienone is 3. The minimum atomic E-state index is -4.43. The van der Waals surface area contributed by atoms with Crippen LogP contribution in [-0.4, -0.2) is 40.9 Å². The topological polar surface area (TPSA) is 144 Å². The van der Waals surface area contributed by atoms with Gasteiger partial charge in [-0.2, -0.15) is 28.8 Å². The number of ether oxygens (including phenoxy) is 1. The van der Waals surface area contributed by atoms with Crippen molar-refractivity contribution in [2.24, 2.45) is 5.92 Å². The van der Waals surface area contributed by atoms with Gasteiger partial charge in [0.05, 0.1) is 41.3 Å². The Morgan fingerprint density at radius 2 is 1.68 bits per heavy atom. The van der Waals surface area contributed by atoms with Gasteiger partial charge in [0, 0.05) is 36.2 Å². The van der Waals surface area contributed by atoms with Gasteiger partial charge >= 0.3 is 6.18 Å². The molecule has 5 N–H and O–H groups in total. The molecule has 13 heteroatoms. The SMILES string of the molecule is C=C(CCC)N/C(C(=O)NC(=C(C)CC)c1cc([N+](O)(O)NC(CC)CC(=O)CCCCc2ccc(C#N)c(CC(F)(F)F)c2)ccc1OCC)=C(/C)C(C)CC. The van der Waals surface area contributed by atoms with Gasteiger partial charge in [0.1, 0.15) is 17.2 Å². The molecule has 0 bridgehead atoms. The molecule has 10 nitrogen and oxygen atoms in total. The molecule has 0 fully saturated rings. The van der Waals surface area contributed by atoms with Crippen molar-refractivity contribution in [1.29, 1.82) is 5.26 Å². The van der Waals surface area contributed by atoms with Crippen molar-refractivity contribution in [3.63, 3.8) is 0 Å². The van der Waals surface area contributed by atoms with Gasteiger partial charge < -0.3 is 15.4 Å². The number of quaternary nitrogens is 1. The number of ketones is 1. The van der Waals surface area contributed by atoms with Crippen molar-refractivity contribution in [3.05, 3.63) is 87.8 Å². The van der Waals surface area contributed by atoms with Crippen LogP contribution >= 0.6 is 0 Å². The van der Waals surface area contributed by atoms with E-state index in [0.717, 1.165) is 29.7 Å². The maximum Gasteiger partial charge on any atom is 0.393 e. The number of unbranched alkanes of at least 4 members (excludes halogenated alkanes) is 1. The van der Waals surface area contributed by atoms with Gasteiger partial charge in [-0.25, -0.2) is 0 Å². The number of benzene rings is 2. The summed E-state index contributed by atoms with van der Waals surface area (Å²) in [5.41, 5.74) is 7.12. The number of carbonyl (C=O) groups excluding carboxylic acids is 2. The zero-order valence-corrected chi connectivity index (χ0v) is 35.0. The fourth-order valence-electron chi connectivity index (χ4n) is 6.29. The third kappa shape index (κ3) is 15.4. The van der Waals surface area contributed by atoms with E-state index >= 15 is 0 Å². The van der Waals surface area contributed by atoms with Crippen LogP contribution in [0.15, 0.2) is 65.5 Å². The molecule has 0 spiro atoms. The van der Waals surface area contributed by atoms with E-state index < -0.39 is 23.6 Å². The molecule has 0 aliphatic heterocycles. The first-order chi connectivity index (χ1) is 26.8. The second kappa shape index (κ2) is 23.1. The zero-order chi connectivity index (χ0) is 42.9. The standard InChI is InChI=1S/C44H62F3N5O5/c1-10-17-31(8)49-42(32(9)29(6)11-2)43(54)50-41(30(7)12-3)39-26-37(22-23-40(39)57-14-5)52(55,56)51-36(13-4)25-38(53)19-16-15-18-33-20-21-34(28-48)35(24-33)27-44(45,46)47/h20-24,26,29,36,49,51,55-56H,8,10-19,25,27H2,1-7,9H3/p+1/b41-30?,42-32-. The third-order valence-corrected chi connectivity index (χ3v) is 10.1. The van der Waals surface area contributed by atoms with Crippen LogP contribution in [0.25, 0.3) is 5.70 Å². The Bertz CT molecular complexity index is 1790. The molecule has 1 amide bonds. The van der Waals surface area contributed by atoms with Gasteiger partial charge in [0.15, 0.2) is 0 Å². The van der Waals surface area contributed by atoms with Gasteiger partial charge in [-0.3, -0.25) is 9.59 Å². The Hall–Kier alpha value is -4.48. The minimum Gasteiger partial charge on any atom is -0.493 e. The molecule has 2 unspecified atom stereocenters. The average molecular weight is 799 g/mol. The highest BCUT2D eigenvalue weighted by molar-refractivity contribution is 6.00. The lowest BCUT2D eigenvalue weighted by atomic mass is 9.97. The average Bonchev–Trinajstić information content (AvgIpc) is 3.16. The number of nitriles is 1. The molecule has 2 aromatic carbocycles. The zero-order valence-electron chi connectivity index (χ0n) is 35.0. The molecule has 0 saturated heterocycles. The summed E-state index contributed by atoms with van der Waals surface area (Å²) in [7, 11) is 0. The maximum absolute atomic E-state index is 14.1. The predicted octanol–water partition coefficient (Wildman–Crippen LogP) is 10.3. The van der Waals surface area contributed by atoms with Crippen molar-refractivity contribution in [1.82, 2.24) is 21.0 Å². The van der Waals surface area contributed by atoms with Gasteiger partial charge in [-0.1, -0.05) is 65.2 Å². The highest BCUT2D eigenvalue weighted by atomic mass is 19.4. The molecule has 314 valence electrons. The number of rotatable bonds is 24. The van der Waals surface area contributed by atoms with Crippen molar-refractivity contribution in [3.8, 4) is 11.8 Å². The molecule has 0 aliphatic carbocycles. The summed E-state index contributed by atoms with van der Waals surface area (Å²) in [6.07, 6.45) is -0.582. The molecule has 57 heavy (non-hydrogen) atoms. The molecule has 0 saturated carbocycles. The van der Waals surface area contributed by atoms with Crippen LogP contribution < -0.4 is 25.7 Å². The Morgan fingerprint density at radius 1 is 0.982 bits per heavy atom. The first-order valence-electron chi connectivity index (χ1n) is 20.0. The van der Waals surface area contributed by atoms with E-state index in [4.69, 9.17) is 4.74 Å². The summed E-state index contributed by atoms with van der Waals surface area (Å²) >= 11 is 0. The summed E-state index contributed by atoms with van der Waals surface area (Å²) in [6, 6.07) is 10.3. The van der Waals surface area contributed by atoms with E-state index in [1.54, 1.807) is 18.2 Å². The molecular weight excluding hydrogens is 736 g/mol. The van der Waals surface area contributed by atoms with Crippen LogP contribution in [0.3, 0.4) is 0 Å². The fraction of sp³-hybridized carbons (Fsp3) is 0.523. The van der Waals surface area contributed by atoms with E-state index in [-0.39, 0.29) is 47.3 Å². The second-order valence-electron chi connectivity index (χ2n) is 14.6. The van der Waals surface area contributed by atoms with Crippen LogP contribution in [0.5, 0.6) is 5.75 Å².